The number of ether oxygens (including phenoxy) is 2. The van der Waals surface area contributed by atoms with E-state index in [1.807, 2.05) is 18.7 Å². The predicted octanol–water partition coefficient (Wildman–Crippen LogP) is 1.54. The van der Waals surface area contributed by atoms with Gasteiger partial charge in [-0.25, -0.2) is 0 Å². The third-order valence-corrected chi connectivity index (χ3v) is 3.52. The normalized spacial score (nSPS) is 20.4. The lowest BCUT2D eigenvalue weighted by atomic mass is 10.0. The van der Waals surface area contributed by atoms with E-state index in [0.717, 1.165) is 5.56 Å². The van der Waals surface area contributed by atoms with Gasteiger partial charge in [-0.3, -0.25) is 10.1 Å². The molecule has 3 heterocycles. The number of aromatic nitrogens is 1. The fourth-order valence-corrected chi connectivity index (χ4v) is 2.63. The highest BCUT2D eigenvalue weighted by Crippen LogP contribution is 2.39. The summed E-state index contributed by atoms with van der Waals surface area (Å²) in [6.45, 7) is 6.24. The van der Waals surface area contributed by atoms with Crippen LogP contribution in [0.15, 0.2) is 6.07 Å². The van der Waals surface area contributed by atoms with Crippen LogP contribution in [0.5, 0.6) is 5.88 Å². The van der Waals surface area contributed by atoms with Gasteiger partial charge in [0.25, 0.3) is 0 Å². The Hall–Kier alpha value is -1.89. The highest BCUT2D eigenvalue weighted by atomic mass is 16.6. The van der Waals surface area contributed by atoms with Crippen molar-refractivity contribution >= 4 is 11.5 Å². The summed E-state index contributed by atoms with van der Waals surface area (Å²) < 4.78 is 11.0. The largest absolute Gasteiger partial charge is 0.471 e. The van der Waals surface area contributed by atoms with Crippen LogP contribution >= 0.6 is 0 Å². The molecule has 0 amide bonds. The van der Waals surface area contributed by atoms with Gasteiger partial charge in [-0.2, -0.15) is 4.98 Å². The van der Waals surface area contributed by atoms with Gasteiger partial charge in [0.1, 0.15) is 5.60 Å². The molecule has 0 spiro atoms. The fourth-order valence-electron chi connectivity index (χ4n) is 2.63. The smallest absolute Gasteiger partial charge is 0.312 e. The van der Waals surface area contributed by atoms with Gasteiger partial charge in [0.05, 0.1) is 18.1 Å². The molecule has 1 aromatic rings. The van der Waals surface area contributed by atoms with Gasteiger partial charge in [-0.05, 0) is 13.8 Å². The summed E-state index contributed by atoms with van der Waals surface area (Å²) in [7, 11) is 0. The molecular weight excluding hydrogens is 262 g/mol. The molecule has 3 rings (SSSR count). The molecular formula is C13H17N3O4. The van der Waals surface area contributed by atoms with E-state index in [-0.39, 0.29) is 16.2 Å². The second kappa shape index (κ2) is 4.59. The number of nitrogens with zero attached hydrogens (tertiary/aromatic N) is 3. The van der Waals surface area contributed by atoms with Crippen LogP contribution < -0.4 is 9.64 Å². The number of hydrogen-bond acceptors (Lipinski definition) is 6. The molecule has 108 valence electrons. The Bertz CT molecular complexity index is 553. The van der Waals surface area contributed by atoms with Crippen molar-refractivity contribution in [2.75, 3.05) is 31.2 Å². The van der Waals surface area contributed by atoms with Crippen LogP contribution in [-0.2, 0) is 11.2 Å². The van der Waals surface area contributed by atoms with Crippen molar-refractivity contribution in [1.82, 2.24) is 4.98 Å². The molecule has 1 fully saturated rings. The summed E-state index contributed by atoms with van der Waals surface area (Å²) in [5.41, 5.74) is 0.498. The van der Waals surface area contributed by atoms with Crippen LogP contribution in [0, 0.1) is 10.1 Å². The first kappa shape index (κ1) is 13.1. The van der Waals surface area contributed by atoms with Gasteiger partial charge < -0.3 is 14.4 Å². The Morgan fingerprint density at radius 3 is 2.75 bits per heavy atom. The summed E-state index contributed by atoms with van der Waals surface area (Å²) in [5, 5.41) is 11.3. The number of rotatable bonds is 2. The topological polar surface area (TPSA) is 77.7 Å². The fraction of sp³-hybridized carbons (Fsp3) is 0.615. The molecule has 2 aliphatic rings. The lowest BCUT2D eigenvalue weighted by Crippen LogP contribution is -2.37. The van der Waals surface area contributed by atoms with Gasteiger partial charge >= 0.3 is 5.69 Å². The molecule has 0 saturated carbocycles. The first-order valence-corrected chi connectivity index (χ1v) is 6.66. The third kappa shape index (κ3) is 2.29. The van der Waals surface area contributed by atoms with Crippen molar-refractivity contribution in [3.63, 3.8) is 0 Å². The number of hydrogen-bond donors (Lipinski definition) is 0. The van der Waals surface area contributed by atoms with Gasteiger partial charge in [0.2, 0.25) is 11.7 Å². The van der Waals surface area contributed by atoms with Crippen LogP contribution in [0.25, 0.3) is 0 Å². The van der Waals surface area contributed by atoms with Crippen molar-refractivity contribution in [2.24, 2.45) is 0 Å². The van der Waals surface area contributed by atoms with Crippen LogP contribution in [0.4, 0.5) is 11.5 Å². The molecule has 0 atom stereocenters. The summed E-state index contributed by atoms with van der Waals surface area (Å²) in [4.78, 5) is 17.2. The van der Waals surface area contributed by atoms with Crippen LogP contribution in [-0.4, -0.2) is 41.8 Å². The maximum atomic E-state index is 11.3. The summed E-state index contributed by atoms with van der Waals surface area (Å²) in [6.07, 6.45) is 0.638. The highest BCUT2D eigenvalue weighted by molar-refractivity contribution is 5.62. The number of anilines is 1. The van der Waals surface area contributed by atoms with Crippen molar-refractivity contribution < 1.29 is 14.4 Å². The lowest BCUT2D eigenvalue weighted by Gasteiger charge is -2.27. The van der Waals surface area contributed by atoms with E-state index in [4.69, 9.17) is 9.47 Å². The summed E-state index contributed by atoms with van der Waals surface area (Å²) >= 11 is 0. The Morgan fingerprint density at radius 2 is 2.10 bits per heavy atom. The average molecular weight is 279 g/mol. The second-order valence-electron chi connectivity index (χ2n) is 5.69. The zero-order valence-corrected chi connectivity index (χ0v) is 11.6. The molecule has 1 saturated heterocycles. The van der Waals surface area contributed by atoms with Crippen molar-refractivity contribution in [1.29, 1.82) is 0 Å². The molecule has 7 nitrogen and oxygen atoms in total. The average Bonchev–Trinajstić information content (AvgIpc) is 2.71. The Labute approximate surface area is 116 Å². The molecule has 20 heavy (non-hydrogen) atoms. The second-order valence-corrected chi connectivity index (χ2v) is 5.69. The van der Waals surface area contributed by atoms with E-state index < -0.39 is 0 Å². The Morgan fingerprint density at radius 1 is 1.40 bits per heavy atom. The molecule has 7 heteroatoms. The van der Waals surface area contributed by atoms with Gasteiger partial charge in [-0.1, -0.05) is 0 Å². The first-order valence-electron chi connectivity index (χ1n) is 6.66. The predicted molar refractivity (Wildman–Crippen MR) is 72.3 cm³/mol. The molecule has 2 aliphatic heterocycles. The third-order valence-electron chi connectivity index (χ3n) is 3.52. The van der Waals surface area contributed by atoms with Gasteiger partial charge in [0, 0.05) is 31.1 Å². The van der Waals surface area contributed by atoms with Crippen LogP contribution in [0.1, 0.15) is 19.4 Å². The zero-order valence-electron chi connectivity index (χ0n) is 11.6. The van der Waals surface area contributed by atoms with E-state index >= 15 is 0 Å². The molecule has 1 aromatic heterocycles. The Balaban J connectivity index is 2.02. The minimum atomic E-state index is -0.372. The minimum Gasteiger partial charge on any atom is -0.471 e. The maximum Gasteiger partial charge on any atom is 0.312 e. The van der Waals surface area contributed by atoms with Gasteiger partial charge in [-0.15, -0.1) is 0 Å². The van der Waals surface area contributed by atoms with E-state index in [1.165, 1.54) is 0 Å². The summed E-state index contributed by atoms with van der Waals surface area (Å²) in [5.74, 6) is 0.900. The number of morpholine rings is 1. The van der Waals surface area contributed by atoms with Crippen molar-refractivity contribution in [2.45, 2.75) is 25.9 Å². The summed E-state index contributed by atoms with van der Waals surface area (Å²) in [6, 6.07) is 1.60. The maximum absolute atomic E-state index is 11.3. The number of nitro groups is 1. The molecule has 0 aliphatic carbocycles. The molecule has 0 N–H and O–H groups in total. The molecule has 0 bridgehead atoms. The SMILES string of the molecule is CC1(C)Cc2cc([N+](=O)[O-])c(N3CCOCC3)nc2O1. The van der Waals surface area contributed by atoms with Crippen LogP contribution in [0.3, 0.4) is 0 Å². The molecule has 0 unspecified atom stereocenters. The standard InChI is InChI=1S/C13H17N3O4/c1-13(2)8-9-7-10(16(17)18)11(14-12(9)20-13)15-3-5-19-6-4-15/h7H,3-6,8H2,1-2H3. The minimum absolute atomic E-state index is 0.0481. The van der Waals surface area contributed by atoms with Crippen molar-refractivity contribution in [3.8, 4) is 5.88 Å². The monoisotopic (exact) mass is 279 g/mol. The molecule has 0 aromatic carbocycles. The van der Waals surface area contributed by atoms with E-state index in [1.54, 1.807) is 6.07 Å². The number of fused-ring (bicyclic) bond motifs is 1. The van der Waals surface area contributed by atoms with Gasteiger partial charge in [0.15, 0.2) is 0 Å². The quantitative estimate of drug-likeness (QED) is 0.603. The van der Waals surface area contributed by atoms with Crippen LogP contribution in [0.2, 0.25) is 0 Å². The van der Waals surface area contributed by atoms with E-state index in [2.05, 4.69) is 4.98 Å². The first-order chi connectivity index (χ1) is 9.46. The van der Waals surface area contributed by atoms with E-state index in [0.29, 0.717) is 44.4 Å². The van der Waals surface area contributed by atoms with Crippen molar-refractivity contribution in [3.05, 3.63) is 21.7 Å². The Kier molecular flexibility index (Phi) is 3.01. The number of pyridine rings is 1. The van der Waals surface area contributed by atoms with E-state index in [9.17, 15) is 10.1 Å². The highest BCUT2D eigenvalue weighted by Gasteiger charge is 2.35. The lowest BCUT2D eigenvalue weighted by molar-refractivity contribution is -0.384. The molecule has 0 radical (unpaired) electrons. The zero-order chi connectivity index (χ0) is 14.3.